The Balaban J connectivity index is 1.24. The van der Waals surface area contributed by atoms with E-state index in [9.17, 15) is 33.9 Å². The molecule has 0 spiro atoms. The molecule has 3 aliphatic carbocycles. The van der Waals surface area contributed by atoms with Crippen LogP contribution in [-0.4, -0.2) is 107 Å². The zero-order valence-corrected chi connectivity index (χ0v) is 38.4. The van der Waals surface area contributed by atoms with Crippen LogP contribution in [0.1, 0.15) is 162 Å². The van der Waals surface area contributed by atoms with Crippen molar-refractivity contribution < 1.29 is 57.6 Å². The summed E-state index contributed by atoms with van der Waals surface area (Å²) in [6.07, 6.45) is 22.2. The van der Waals surface area contributed by atoms with Crippen LogP contribution in [0.3, 0.4) is 0 Å². The molecule has 4 atom stereocenters. The minimum absolute atomic E-state index is 0.0735. The molecule has 15 heteroatoms. The monoisotopic (exact) mass is 888 g/mol. The number of carbonyl (C=O) groups is 6. The fraction of sp³-hybridized carbons (Fsp3) is 0.812. The molecule has 1 aromatic heterocycles. The van der Waals surface area contributed by atoms with Gasteiger partial charge in [0.25, 0.3) is 0 Å². The predicted octanol–water partition coefficient (Wildman–Crippen LogP) is 7.98. The summed E-state index contributed by atoms with van der Waals surface area (Å²) in [5.41, 5.74) is 0. The fourth-order valence-corrected chi connectivity index (χ4v) is 9.41. The standard InChI is InChI=1S/C48H77N3O12/c1-35(27-38-15-7-4-8-16-38)45(55)59-31-41(30-52)62-43(53)21-13-24-50(48(58)51-26-23-49-34-51)25-14-22-44(54)63-42(32-60-46(56)36(2)28-39-17-9-5-10-18-39)33-61-47(57)37(3)29-40-19-11-6-12-20-40/h23,26,34-42,52H,4-22,24-25,27-33H2,1-3H3. The van der Waals surface area contributed by atoms with E-state index in [0.717, 1.165) is 57.8 Å². The van der Waals surface area contributed by atoms with Crippen LogP contribution >= 0.6 is 0 Å². The number of ether oxygens (including phenoxy) is 5. The first-order chi connectivity index (χ1) is 30.4. The largest absolute Gasteiger partial charge is 0.461 e. The second-order valence-corrected chi connectivity index (χ2v) is 18.7. The van der Waals surface area contributed by atoms with Gasteiger partial charge in [0.05, 0.1) is 24.4 Å². The van der Waals surface area contributed by atoms with Crippen molar-refractivity contribution in [3.8, 4) is 0 Å². The number of esters is 5. The van der Waals surface area contributed by atoms with Crippen molar-refractivity contribution in [2.45, 2.75) is 174 Å². The Bertz CT molecular complexity index is 1480. The minimum Gasteiger partial charge on any atom is -0.461 e. The smallest absolute Gasteiger partial charge is 0.329 e. The summed E-state index contributed by atoms with van der Waals surface area (Å²) in [5, 5.41) is 9.83. The average molecular weight is 888 g/mol. The van der Waals surface area contributed by atoms with Gasteiger partial charge in [-0.1, -0.05) is 117 Å². The number of carbonyl (C=O) groups excluding carboxylic acids is 6. The molecule has 15 nitrogen and oxygen atoms in total. The third kappa shape index (κ3) is 19.7. The summed E-state index contributed by atoms with van der Waals surface area (Å²) in [6, 6.07) is -0.405. The van der Waals surface area contributed by atoms with Crippen LogP contribution in [0.5, 0.6) is 0 Å². The molecule has 0 radical (unpaired) electrons. The summed E-state index contributed by atoms with van der Waals surface area (Å²) >= 11 is 0. The number of aliphatic hydroxyl groups excluding tert-OH is 1. The zero-order valence-electron chi connectivity index (χ0n) is 38.4. The lowest BCUT2D eigenvalue weighted by atomic mass is 9.83. The van der Waals surface area contributed by atoms with Crippen molar-refractivity contribution in [2.75, 3.05) is 39.5 Å². The lowest BCUT2D eigenvalue weighted by Gasteiger charge is -2.25. The second-order valence-electron chi connectivity index (χ2n) is 18.7. The Morgan fingerprint density at radius 3 is 1.35 bits per heavy atom. The van der Waals surface area contributed by atoms with Gasteiger partial charge in [0.15, 0.2) is 12.2 Å². The van der Waals surface area contributed by atoms with Crippen LogP contribution < -0.4 is 0 Å². The first kappa shape index (κ1) is 51.6. The van der Waals surface area contributed by atoms with E-state index >= 15 is 0 Å². The molecule has 63 heavy (non-hydrogen) atoms. The predicted molar refractivity (Wildman–Crippen MR) is 234 cm³/mol. The Morgan fingerprint density at radius 1 is 0.603 bits per heavy atom. The van der Waals surface area contributed by atoms with Gasteiger partial charge in [-0.15, -0.1) is 0 Å². The van der Waals surface area contributed by atoms with E-state index in [1.165, 1.54) is 86.0 Å². The molecule has 0 aromatic carbocycles. The van der Waals surface area contributed by atoms with Crippen LogP contribution in [0.15, 0.2) is 18.7 Å². The molecule has 3 saturated carbocycles. The molecular formula is C48H77N3O12. The molecule has 0 saturated heterocycles. The Labute approximate surface area is 375 Å². The summed E-state index contributed by atoms with van der Waals surface area (Å²) < 4.78 is 29.1. The highest BCUT2D eigenvalue weighted by molar-refractivity contribution is 5.77. The molecule has 1 heterocycles. The van der Waals surface area contributed by atoms with Gasteiger partial charge in [0.2, 0.25) is 0 Å². The maximum absolute atomic E-state index is 13.4. The van der Waals surface area contributed by atoms with Crippen molar-refractivity contribution in [1.82, 2.24) is 14.5 Å². The number of hydrogen-bond donors (Lipinski definition) is 1. The normalized spacial score (nSPS) is 18.9. The number of aromatic nitrogens is 2. The van der Waals surface area contributed by atoms with Crippen LogP contribution in [0.4, 0.5) is 4.79 Å². The minimum atomic E-state index is -1.01. The highest BCUT2D eigenvalue weighted by Crippen LogP contribution is 2.31. The van der Waals surface area contributed by atoms with Crippen LogP contribution in [0, 0.1) is 35.5 Å². The number of aliphatic hydroxyl groups is 1. The van der Waals surface area contributed by atoms with Gasteiger partial charge < -0.3 is 33.7 Å². The Hall–Kier alpha value is -4.01. The molecule has 4 unspecified atom stereocenters. The molecule has 0 bridgehead atoms. The van der Waals surface area contributed by atoms with E-state index in [1.807, 2.05) is 20.8 Å². The van der Waals surface area contributed by atoms with Gasteiger partial charge in [-0.25, -0.2) is 9.78 Å². The number of hydrogen-bond acceptors (Lipinski definition) is 13. The quantitative estimate of drug-likeness (QED) is 0.0697. The summed E-state index contributed by atoms with van der Waals surface area (Å²) in [4.78, 5) is 83.5. The van der Waals surface area contributed by atoms with Crippen molar-refractivity contribution in [3.05, 3.63) is 18.7 Å². The summed E-state index contributed by atoms with van der Waals surface area (Å²) in [7, 11) is 0. The van der Waals surface area contributed by atoms with Gasteiger partial charge in [-0.3, -0.25) is 28.5 Å². The van der Waals surface area contributed by atoms with E-state index < -0.39 is 36.8 Å². The molecule has 4 rings (SSSR count). The van der Waals surface area contributed by atoms with Crippen LogP contribution in [0.2, 0.25) is 0 Å². The molecule has 1 amide bonds. The third-order valence-electron chi connectivity index (χ3n) is 13.1. The van der Waals surface area contributed by atoms with Crippen LogP contribution in [0.25, 0.3) is 0 Å². The number of imidazole rings is 1. The van der Waals surface area contributed by atoms with E-state index in [4.69, 9.17) is 23.7 Å². The Morgan fingerprint density at radius 2 is 0.984 bits per heavy atom. The van der Waals surface area contributed by atoms with Gasteiger partial charge >= 0.3 is 35.9 Å². The van der Waals surface area contributed by atoms with E-state index in [2.05, 4.69) is 4.98 Å². The lowest BCUT2D eigenvalue weighted by Crippen LogP contribution is -2.37. The summed E-state index contributed by atoms with van der Waals surface area (Å²) in [6.45, 7) is 4.59. The van der Waals surface area contributed by atoms with E-state index in [0.29, 0.717) is 17.8 Å². The maximum atomic E-state index is 13.4. The molecule has 1 N–H and O–H groups in total. The molecule has 356 valence electrons. The zero-order chi connectivity index (χ0) is 45.4. The van der Waals surface area contributed by atoms with E-state index in [1.54, 1.807) is 0 Å². The first-order valence-corrected chi connectivity index (χ1v) is 24.2. The van der Waals surface area contributed by atoms with Crippen molar-refractivity contribution in [2.24, 2.45) is 35.5 Å². The topological polar surface area (TPSA) is 190 Å². The number of amides is 1. The molecular weight excluding hydrogens is 811 g/mol. The third-order valence-corrected chi connectivity index (χ3v) is 13.1. The van der Waals surface area contributed by atoms with E-state index in [-0.39, 0.29) is 94.3 Å². The number of nitrogens with zero attached hydrogens (tertiary/aromatic N) is 3. The van der Waals surface area contributed by atoms with Crippen molar-refractivity contribution in [1.29, 1.82) is 0 Å². The highest BCUT2D eigenvalue weighted by Gasteiger charge is 2.28. The second kappa shape index (κ2) is 28.7. The van der Waals surface area contributed by atoms with Crippen molar-refractivity contribution >= 4 is 35.9 Å². The van der Waals surface area contributed by atoms with Gasteiger partial charge in [0.1, 0.15) is 26.1 Å². The van der Waals surface area contributed by atoms with Gasteiger partial charge in [-0.2, -0.15) is 0 Å². The van der Waals surface area contributed by atoms with Crippen LogP contribution in [-0.2, 0) is 47.7 Å². The summed E-state index contributed by atoms with van der Waals surface area (Å²) in [5.74, 6) is -1.76. The fourth-order valence-electron chi connectivity index (χ4n) is 9.41. The van der Waals surface area contributed by atoms with Crippen molar-refractivity contribution in [3.63, 3.8) is 0 Å². The molecule has 0 aliphatic heterocycles. The van der Waals surface area contributed by atoms with Gasteiger partial charge in [0, 0.05) is 38.3 Å². The first-order valence-electron chi connectivity index (χ1n) is 24.2. The Kier molecular flexibility index (Phi) is 23.5. The highest BCUT2D eigenvalue weighted by atomic mass is 16.6. The number of rotatable bonds is 26. The van der Waals surface area contributed by atoms with Gasteiger partial charge in [-0.05, 0) is 49.9 Å². The molecule has 3 fully saturated rings. The maximum Gasteiger partial charge on any atom is 0.329 e. The average Bonchev–Trinajstić information content (AvgIpc) is 3.84. The molecule has 3 aliphatic rings. The lowest BCUT2D eigenvalue weighted by molar-refractivity contribution is -0.169. The molecule has 1 aromatic rings. The SMILES string of the molecule is CC(CC1CCCCC1)C(=O)OCC(CO)OC(=O)CCCN(CCCC(=O)OC(COC(=O)C(C)CC1CCCCC1)COC(=O)C(C)CC1CCCCC1)C(=O)n1ccnc1.